The van der Waals surface area contributed by atoms with E-state index in [2.05, 4.69) is 38.7 Å². The summed E-state index contributed by atoms with van der Waals surface area (Å²) in [5.74, 6) is 2.65. The lowest BCUT2D eigenvalue weighted by molar-refractivity contribution is 0.889. The molecule has 18 heavy (non-hydrogen) atoms. The van der Waals surface area contributed by atoms with Crippen LogP contribution in [0, 0.1) is 0 Å². The third-order valence-corrected chi connectivity index (χ3v) is 4.18. The summed E-state index contributed by atoms with van der Waals surface area (Å²) >= 11 is 1.93. The van der Waals surface area contributed by atoms with Gasteiger partial charge in [-0.15, -0.1) is 16.9 Å². The predicted molar refractivity (Wildman–Crippen MR) is 73.9 cm³/mol. The second-order valence-corrected chi connectivity index (χ2v) is 5.33. The third kappa shape index (κ3) is 2.18. The summed E-state index contributed by atoms with van der Waals surface area (Å²) in [7, 11) is 1.83. The minimum absolute atomic E-state index is 0.681. The Balaban J connectivity index is 2.00. The number of thioether (sulfide) groups is 1. The maximum atomic E-state index is 4.42. The van der Waals surface area contributed by atoms with E-state index in [9.17, 15) is 0 Å². The summed E-state index contributed by atoms with van der Waals surface area (Å²) in [6.45, 7) is 0. The standard InChI is InChI=1S/C13H14N4S/c1-14-12-8-15-17-13(16-12)10-4-5-11-9(7-10)3-2-6-18-11/h4-5,7-8H,2-3,6H2,1H3,(H,14,16,17). The van der Waals surface area contributed by atoms with Gasteiger partial charge < -0.3 is 5.32 Å². The van der Waals surface area contributed by atoms with Crippen LogP contribution < -0.4 is 5.32 Å². The van der Waals surface area contributed by atoms with Gasteiger partial charge in [0.2, 0.25) is 0 Å². The second kappa shape index (κ2) is 4.94. The molecular weight excluding hydrogens is 244 g/mol. The van der Waals surface area contributed by atoms with Crippen LogP contribution in [0.5, 0.6) is 0 Å². The Hall–Kier alpha value is -1.62. The molecular formula is C13H14N4S. The Labute approximate surface area is 110 Å². The lowest BCUT2D eigenvalue weighted by Gasteiger charge is -2.15. The van der Waals surface area contributed by atoms with E-state index in [1.165, 1.54) is 22.6 Å². The third-order valence-electron chi connectivity index (χ3n) is 2.98. The molecule has 1 N–H and O–H groups in total. The van der Waals surface area contributed by atoms with Crippen molar-refractivity contribution in [3.8, 4) is 11.4 Å². The van der Waals surface area contributed by atoms with Crippen molar-refractivity contribution >= 4 is 17.6 Å². The summed E-state index contributed by atoms with van der Waals surface area (Å²) in [5, 5.41) is 11.0. The molecule has 2 aromatic rings. The fourth-order valence-corrected chi connectivity index (χ4v) is 3.07. The molecule has 0 amide bonds. The first-order chi connectivity index (χ1) is 8.86. The number of aromatic nitrogens is 3. The highest BCUT2D eigenvalue weighted by Crippen LogP contribution is 2.32. The molecule has 1 aromatic carbocycles. The molecule has 0 saturated heterocycles. The minimum atomic E-state index is 0.681. The molecule has 0 radical (unpaired) electrons. The van der Waals surface area contributed by atoms with Crippen LogP contribution in [-0.2, 0) is 6.42 Å². The first-order valence-corrected chi connectivity index (χ1v) is 6.99. The van der Waals surface area contributed by atoms with Crippen molar-refractivity contribution in [3.63, 3.8) is 0 Å². The Morgan fingerprint density at radius 2 is 2.28 bits per heavy atom. The van der Waals surface area contributed by atoms with Crippen LogP contribution in [-0.4, -0.2) is 28.0 Å². The van der Waals surface area contributed by atoms with E-state index in [1.807, 2.05) is 18.8 Å². The van der Waals surface area contributed by atoms with Crippen molar-refractivity contribution in [1.82, 2.24) is 15.2 Å². The van der Waals surface area contributed by atoms with Gasteiger partial charge in [-0.3, -0.25) is 0 Å². The van der Waals surface area contributed by atoms with Gasteiger partial charge in [0.05, 0.1) is 6.20 Å². The van der Waals surface area contributed by atoms with Gasteiger partial charge in [0.15, 0.2) is 5.82 Å². The fraction of sp³-hybridized carbons (Fsp3) is 0.308. The van der Waals surface area contributed by atoms with Crippen molar-refractivity contribution in [1.29, 1.82) is 0 Å². The molecule has 5 heteroatoms. The zero-order valence-corrected chi connectivity index (χ0v) is 11.0. The summed E-state index contributed by atoms with van der Waals surface area (Å²) in [6, 6.07) is 6.44. The number of rotatable bonds is 2. The maximum Gasteiger partial charge on any atom is 0.183 e. The summed E-state index contributed by atoms with van der Waals surface area (Å²) in [5.41, 5.74) is 2.45. The molecule has 0 fully saturated rings. The Morgan fingerprint density at radius 3 is 3.17 bits per heavy atom. The van der Waals surface area contributed by atoms with E-state index in [-0.39, 0.29) is 0 Å². The molecule has 1 aliphatic heterocycles. The molecule has 1 aliphatic rings. The smallest absolute Gasteiger partial charge is 0.183 e. The largest absolute Gasteiger partial charge is 0.372 e. The lowest BCUT2D eigenvalue weighted by Crippen LogP contribution is -2.01. The van der Waals surface area contributed by atoms with Gasteiger partial charge in [0.1, 0.15) is 5.82 Å². The van der Waals surface area contributed by atoms with Crippen molar-refractivity contribution in [2.24, 2.45) is 0 Å². The molecule has 1 aromatic heterocycles. The van der Waals surface area contributed by atoms with Gasteiger partial charge in [0, 0.05) is 17.5 Å². The summed E-state index contributed by atoms with van der Waals surface area (Å²) in [6.07, 6.45) is 4.02. The molecule has 2 heterocycles. The monoisotopic (exact) mass is 258 g/mol. The normalized spacial score (nSPS) is 14.1. The van der Waals surface area contributed by atoms with Crippen LogP contribution >= 0.6 is 11.8 Å². The quantitative estimate of drug-likeness (QED) is 0.897. The van der Waals surface area contributed by atoms with Crippen LogP contribution in [0.2, 0.25) is 0 Å². The molecule has 92 valence electrons. The van der Waals surface area contributed by atoms with E-state index in [4.69, 9.17) is 0 Å². The van der Waals surface area contributed by atoms with Gasteiger partial charge in [0.25, 0.3) is 0 Å². The lowest BCUT2D eigenvalue weighted by atomic mass is 10.1. The van der Waals surface area contributed by atoms with Crippen LogP contribution in [0.1, 0.15) is 12.0 Å². The van der Waals surface area contributed by atoms with Crippen LogP contribution in [0.4, 0.5) is 5.82 Å². The van der Waals surface area contributed by atoms with Crippen LogP contribution in [0.3, 0.4) is 0 Å². The Kier molecular flexibility index (Phi) is 3.15. The van der Waals surface area contributed by atoms with E-state index >= 15 is 0 Å². The van der Waals surface area contributed by atoms with Gasteiger partial charge in [-0.1, -0.05) is 0 Å². The summed E-state index contributed by atoms with van der Waals surface area (Å²) < 4.78 is 0. The zero-order valence-electron chi connectivity index (χ0n) is 10.2. The number of hydrogen-bond acceptors (Lipinski definition) is 5. The van der Waals surface area contributed by atoms with Gasteiger partial charge >= 0.3 is 0 Å². The van der Waals surface area contributed by atoms with Crippen molar-refractivity contribution < 1.29 is 0 Å². The number of anilines is 1. The highest BCUT2D eigenvalue weighted by molar-refractivity contribution is 7.99. The average molecular weight is 258 g/mol. The van der Waals surface area contributed by atoms with Gasteiger partial charge in [-0.2, -0.15) is 5.10 Å². The number of nitrogens with zero attached hydrogens (tertiary/aromatic N) is 3. The van der Waals surface area contributed by atoms with E-state index in [0.29, 0.717) is 5.82 Å². The van der Waals surface area contributed by atoms with Crippen LogP contribution in [0.25, 0.3) is 11.4 Å². The van der Waals surface area contributed by atoms with Gasteiger partial charge in [-0.05, 0) is 42.4 Å². The molecule has 3 rings (SSSR count). The molecule has 0 atom stereocenters. The van der Waals surface area contributed by atoms with Gasteiger partial charge in [-0.25, -0.2) is 4.98 Å². The topological polar surface area (TPSA) is 50.7 Å². The molecule has 0 unspecified atom stereocenters. The molecule has 0 aliphatic carbocycles. The van der Waals surface area contributed by atoms with Crippen LogP contribution in [0.15, 0.2) is 29.3 Å². The SMILES string of the molecule is CNc1cnnc(-c2ccc3c(c2)CCCS3)n1. The number of fused-ring (bicyclic) bond motifs is 1. The van der Waals surface area contributed by atoms with E-state index in [0.717, 1.165) is 17.8 Å². The first-order valence-electron chi connectivity index (χ1n) is 6.00. The van der Waals surface area contributed by atoms with E-state index in [1.54, 1.807) is 6.20 Å². The molecule has 0 spiro atoms. The number of nitrogens with one attached hydrogen (secondary N) is 1. The Bertz CT molecular complexity index is 571. The van der Waals surface area contributed by atoms with Crippen molar-refractivity contribution in [3.05, 3.63) is 30.0 Å². The number of aryl methyl sites for hydroxylation is 1. The molecule has 0 bridgehead atoms. The first kappa shape index (κ1) is 11.5. The highest BCUT2D eigenvalue weighted by Gasteiger charge is 2.12. The van der Waals surface area contributed by atoms with Crippen molar-refractivity contribution in [2.45, 2.75) is 17.7 Å². The highest BCUT2D eigenvalue weighted by atomic mass is 32.2. The van der Waals surface area contributed by atoms with E-state index < -0.39 is 0 Å². The number of benzene rings is 1. The average Bonchev–Trinajstić information content (AvgIpc) is 2.47. The maximum absolute atomic E-state index is 4.42. The fourth-order valence-electron chi connectivity index (χ4n) is 2.05. The molecule has 0 saturated carbocycles. The Morgan fingerprint density at radius 1 is 1.33 bits per heavy atom. The number of hydrogen-bond donors (Lipinski definition) is 1. The summed E-state index contributed by atoms with van der Waals surface area (Å²) in [4.78, 5) is 5.81. The van der Waals surface area contributed by atoms with Crippen molar-refractivity contribution in [2.75, 3.05) is 18.1 Å². The predicted octanol–water partition coefficient (Wildman–Crippen LogP) is 2.62. The second-order valence-electron chi connectivity index (χ2n) is 4.19. The zero-order chi connectivity index (χ0) is 12.4. The minimum Gasteiger partial charge on any atom is -0.372 e. The molecule has 4 nitrogen and oxygen atoms in total.